The number of carbonyl (C=O) groups excluding carboxylic acids is 2. The van der Waals surface area contributed by atoms with Crippen molar-refractivity contribution in [2.24, 2.45) is 0 Å². The summed E-state index contributed by atoms with van der Waals surface area (Å²) in [6, 6.07) is 8.27. The van der Waals surface area contributed by atoms with Crippen LogP contribution in [-0.4, -0.2) is 21.4 Å². The number of nitrogens with one attached hydrogen (secondary N) is 1. The lowest BCUT2D eigenvalue weighted by atomic mass is 10.1. The van der Waals surface area contributed by atoms with Gasteiger partial charge in [-0.3, -0.25) is 24.3 Å². The first kappa shape index (κ1) is 15.3. The Bertz CT molecular complexity index is 1110. The van der Waals surface area contributed by atoms with Gasteiger partial charge in [0.25, 0.3) is 17.4 Å². The third kappa shape index (κ3) is 2.34. The average molecular weight is 352 g/mol. The van der Waals surface area contributed by atoms with Crippen molar-refractivity contribution in [1.29, 1.82) is 0 Å². The number of aryl methyl sites for hydroxylation is 1. The Kier molecular flexibility index (Phi) is 3.29. The topological polar surface area (TPSA) is 107 Å². The number of nitrogens with two attached hydrogens (primary N) is 1. The van der Waals surface area contributed by atoms with Crippen LogP contribution in [-0.2, 0) is 0 Å². The molecule has 7 nitrogen and oxygen atoms in total. The molecular weight excluding hydrogens is 340 g/mol. The van der Waals surface area contributed by atoms with Crippen molar-refractivity contribution in [3.8, 4) is 16.9 Å². The molecule has 2 amide bonds. The Hall–Kier alpha value is -3.26. The number of imide groups is 1. The van der Waals surface area contributed by atoms with Crippen LogP contribution in [0.1, 0.15) is 25.7 Å². The number of pyridine rings is 1. The maximum Gasteiger partial charge on any atom is 0.262 e. The Balaban J connectivity index is 1.92. The van der Waals surface area contributed by atoms with Crippen molar-refractivity contribution in [3.63, 3.8) is 0 Å². The molecule has 0 radical (unpaired) electrons. The number of hydrogen-bond acceptors (Lipinski definition) is 6. The van der Waals surface area contributed by atoms with Crippen LogP contribution in [0.5, 0.6) is 0 Å². The van der Waals surface area contributed by atoms with Gasteiger partial charge in [0.15, 0.2) is 0 Å². The Labute approximate surface area is 145 Å². The molecule has 4 rings (SSSR count). The maximum absolute atomic E-state index is 12.5. The summed E-state index contributed by atoms with van der Waals surface area (Å²) in [4.78, 5) is 40.6. The van der Waals surface area contributed by atoms with Crippen molar-refractivity contribution in [2.75, 3.05) is 5.73 Å². The summed E-state index contributed by atoms with van der Waals surface area (Å²) in [6.07, 6.45) is 0. The molecule has 0 saturated carbocycles. The fourth-order valence-electron chi connectivity index (χ4n) is 2.85. The molecule has 0 fully saturated rings. The van der Waals surface area contributed by atoms with Crippen LogP contribution in [0.4, 0.5) is 5.82 Å². The smallest absolute Gasteiger partial charge is 0.262 e. The normalized spacial score (nSPS) is 13.0. The van der Waals surface area contributed by atoms with Crippen molar-refractivity contribution in [3.05, 3.63) is 62.2 Å². The highest BCUT2D eigenvalue weighted by Gasteiger charge is 2.31. The summed E-state index contributed by atoms with van der Waals surface area (Å²) in [5, 5.41) is 5.01. The third-order valence-electron chi connectivity index (χ3n) is 3.97. The first-order valence-corrected chi connectivity index (χ1v) is 8.28. The summed E-state index contributed by atoms with van der Waals surface area (Å²) >= 11 is 1.53. The molecule has 1 aliphatic rings. The van der Waals surface area contributed by atoms with Crippen LogP contribution >= 0.6 is 11.3 Å². The number of benzene rings is 1. The molecule has 3 aromatic rings. The molecule has 2 aromatic heterocycles. The Morgan fingerprint density at radius 2 is 1.96 bits per heavy atom. The summed E-state index contributed by atoms with van der Waals surface area (Å²) in [7, 11) is 0. The second kappa shape index (κ2) is 5.38. The molecule has 0 unspecified atom stereocenters. The molecule has 3 heterocycles. The lowest BCUT2D eigenvalue weighted by Gasteiger charge is -2.12. The predicted molar refractivity (Wildman–Crippen MR) is 94.1 cm³/mol. The van der Waals surface area contributed by atoms with Crippen LogP contribution in [0.15, 0.2) is 40.5 Å². The quantitative estimate of drug-likeness (QED) is 0.683. The molecule has 8 heteroatoms. The monoisotopic (exact) mass is 352 g/mol. The van der Waals surface area contributed by atoms with Crippen LogP contribution < -0.4 is 16.6 Å². The number of nitrogen functional groups attached to an aromatic ring is 1. The molecule has 0 saturated heterocycles. The lowest BCUT2D eigenvalue weighted by molar-refractivity contribution is 0.0880. The second-order valence-electron chi connectivity index (χ2n) is 5.58. The zero-order chi connectivity index (χ0) is 17.7. The van der Waals surface area contributed by atoms with Crippen LogP contribution in [0, 0.1) is 6.92 Å². The van der Waals surface area contributed by atoms with Crippen molar-refractivity contribution in [1.82, 2.24) is 14.9 Å². The van der Waals surface area contributed by atoms with Crippen LogP contribution in [0.2, 0.25) is 0 Å². The highest BCUT2D eigenvalue weighted by atomic mass is 32.1. The van der Waals surface area contributed by atoms with Gasteiger partial charge in [-0.1, -0.05) is 12.1 Å². The predicted octanol–water partition coefficient (Wildman–Crippen LogP) is 1.74. The first-order valence-electron chi connectivity index (χ1n) is 7.40. The first-order chi connectivity index (χ1) is 12.0. The van der Waals surface area contributed by atoms with E-state index in [4.69, 9.17) is 5.73 Å². The van der Waals surface area contributed by atoms with E-state index in [-0.39, 0.29) is 16.9 Å². The molecule has 3 N–H and O–H groups in total. The zero-order valence-corrected chi connectivity index (χ0v) is 13.9. The van der Waals surface area contributed by atoms with Gasteiger partial charge in [0, 0.05) is 17.0 Å². The fraction of sp³-hybridized carbons (Fsp3) is 0.0588. The summed E-state index contributed by atoms with van der Waals surface area (Å²) in [5.74, 6) is -1.27. The molecule has 0 aliphatic carbocycles. The van der Waals surface area contributed by atoms with Gasteiger partial charge in [-0.05, 0) is 19.1 Å². The lowest BCUT2D eigenvalue weighted by Crippen LogP contribution is -2.24. The highest BCUT2D eigenvalue weighted by Crippen LogP contribution is 2.26. The zero-order valence-electron chi connectivity index (χ0n) is 13.1. The van der Waals surface area contributed by atoms with Gasteiger partial charge in [-0.15, -0.1) is 11.3 Å². The van der Waals surface area contributed by atoms with E-state index in [0.717, 1.165) is 22.3 Å². The van der Waals surface area contributed by atoms with E-state index in [1.54, 1.807) is 18.2 Å². The number of aromatic nitrogens is 2. The second-order valence-corrected chi connectivity index (χ2v) is 6.64. The molecule has 0 atom stereocenters. The van der Waals surface area contributed by atoms with Gasteiger partial charge >= 0.3 is 0 Å². The van der Waals surface area contributed by atoms with Gasteiger partial charge in [-0.2, -0.15) is 0 Å². The molecule has 25 heavy (non-hydrogen) atoms. The molecule has 0 bridgehead atoms. The van der Waals surface area contributed by atoms with Crippen LogP contribution in [0.25, 0.3) is 16.9 Å². The average Bonchev–Trinajstić information content (AvgIpc) is 3.12. The van der Waals surface area contributed by atoms with E-state index in [1.165, 1.54) is 15.9 Å². The summed E-state index contributed by atoms with van der Waals surface area (Å²) in [5.41, 5.74) is 7.73. The van der Waals surface area contributed by atoms with Gasteiger partial charge in [0.2, 0.25) is 0 Å². The third-order valence-corrected chi connectivity index (χ3v) is 4.75. The minimum atomic E-state index is -0.609. The van der Waals surface area contributed by atoms with Crippen molar-refractivity contribution >= 4 is 29.0 Å². The van der Waals surface area contributed by atoms with E-state index in [9.17, 15) is 14.4 Å². The molecule has 0 spiro atoms. The number of amides is 2. The fourth-order valence-corrected chi connectivity index (χ4v) is 3.47. The number of fused-ring (bicyclic) bond motifs is 1. The van der Waals surface area contributed by atoms with Crippen molar-refractivity contribution < 1.29 is 9.59 Å². The highest BCUT2D eigenvalue weighted by molar-refractivity contribution is 7.09. The largest absolute Gasteiger partial charge is 0.384 e. The molecular formula is C17H12N4O3S. The number of hydrogen-bond donors (Lipinski definition) is 2. The Morgan fingerprint density at radius 3 is 2.68 bits per heavy atom. The van der Waals surface area contributed by atoms with Gasteiger partial charge in [0.1, 0.15) is 5.82 Å². The molecule has 1 aliphatic heterocycles. The number of carbonyl (C=O) groups is 2. The number of anilines is 1. The van der Waals surface area contributed by atoms with Gasteiger partial charge in [-0.25, -0.2) is 4.98 Å². The minimum absolute atomic E-state index is 0.00929. The summed E-state index contributed by atoms with van der Waals surface area (Å²) in [6.45, 7) is 1.91. The molecule has 124 valence electrons. The molecule has 1 aromatic carbocycles. The Morgan fingerprint density at radius 1 is 1.16 bits per heavy atom. The van der Waals surface area contributed by atoms with Crippen LogP contribution in [0.3, 0.4) is 0 Å². The SMILES string of the molecule is Cc1nc(-c2cccc(-n3c(N)c4c(cc3=O)C(=O)NC4=O)c2)cs1. The van der Waals surface area contributed by atoms with E-state index >= 15 is 0 Å². The van der Waals surface area contributed by atoms with Gasteiger partial charge in [0.05, 0.1) is 27.5 Å². The maximum atomic E-state index is 12.5. The number of rotatable bonds is 2. The van der Waals surface area contributed by atoms with E-state index in [2.05, 4.69) is 10.3 Å². The minimum Gasteiger partial charge on any atom is -0.384 e. The number of nitrogens with zero attached hydrogens (tertiary/aromatic N) is 2. The van der Waals surface area contributed by atoms with E-state index in [0.29, 0.717) is 5.69 Å². The summed E-state index contributed by atoms with van der Waals surface area (Å²) < 4.78 is 1.22. The number of thiazole rings is 1. The van der Waals surface area contributed by atoms with Gasteiger partial charge < -0.3 is 5.73 Å². The van der Waals surface area contributed by atoms with E-state index in [1.807, 2.05) is 18.4 Å². The van der Waals surface area contributed by atoms with Crippen molar-refractivity contribution in [2.45, 2.75) is 6.92 Å². The van der Waals surface area contributed by atoms with E-state index < -0.39 is 17.4 Å². The standard InChI is InChI=1S/C17H12N4O3S/c1-8-19-12(7-25-8)9-3-2-4-10(5-9)21-13(22)6-11-14(15(21)18)17(24)20-16(11)23/h2-7H,18H2,1H3,(H,20,23,24).